The smallest absolute Gasteiger partial charge is 0.239 e. The summed E-state index contributed by atoms with van der Waals surface area (Å²) in [5.41, 5.74) is -0.144. The van der Waals surface area contributed by atoms with Crippen molar-refractivity contribution in [2.75, 3.05) is 6.61 Å². The number of benzene rings is 1. The Morgan fingerprint density at radius 3 is 2.60 bits per heavy atom. The van der Waals surface area contributed by atoms with Crippen LogP contribution in [-0.4, -0.2) is 20.1 Å². The first-order valence-electron chi connectivity index (χ1n) is 3.94. The zero-order valence-electron chi connectivity index (χ0n) is 7.52. The van der Waals surface area contributed by atoms with E-state index in [4.69, 9.17) is 10.2 Å². The maximum Gasteiger partial charge on any atom is 0.239 e. The maximum atomic E-state index is 13.2. The number of rotatable bonds is 3. The molecule has 0 spiro atoms. The molecule has 0 amide bonds. The van der Waals surface area contributed by atoms with Crippen molar-refractivity contribution in [2.45, 2.75) is 11.1 Å². The van der Waals surface area contributed by atoms with Crippen molar-refractivity contribution in [3.63, 3.8) is 0 Å². The monoisotopic (exact) mass is 297 g/mol. The zero-order chi connectivity index (χ0) is 11.6. The molecule has 0 saturated carbocycles. The first-order chi connectivity index (χ1) is 6.88. The van der Waals surface area contributed by atoms with Crippen molar-refractivity contribution >= 4 is 26.0 Å². The highest BCUT2D eigenvalue weighted by Crippen LogP contribution is 2.30. The van der Waals surface area contributed by atoms with Crippen LogP contribution in [0.3, 0.4) is 0 Å². The summed E-state index contributed by atoms with van der Waals surface area (Å²) in [7, 11) is -4.02. The summed E-state index contributed by atoms with van der Waals surface area (Å²) >= 11 is 2.97. The van der Waals surface area contributed by atoms with Gasteiger partial charge in [-0.3, -0.25) is 0 Å². The lowest BCUT2D eigenvalue weighted by molar-refractivity contribution is 0.177. The molecule has 1 aromatic rings. The first-order valence-corrected chi connectivity index (χ1v) is 6.28. The van der Waals surface area contributed by atoms with Gasteiger partial charge in [0.15, 0.2) is 0 Å². The van der Waals surface area contributed by atoms with Gasteiger partial charge in [-0.05, 0) is 22.0 Å². The van der Waals surface area contributed by atoms with E-state index in [2.05, 4.69) is 15.9 Å². The second-order valence-electron chi connectivity index (χ2n) is 2.85. The van der Waals surface area contributed by atoms with Gasteiger partial charge in [-0.25, -0.2) is 17.9 Å². The van der Waals surface area contributed by atoms with Gasteiger partial charge in [-0.1, -0.05) is 12.1 Å². The quantitative estimate of drug-likeness (QED) is 0.877. The summed E-state index contributed by atoms with van der Waals surface area (Å²) in [5, 5.41) is 13.6. The lowest BCUT2D eigenvalue weighted by Gasteiger charge is -2.11. The van der Waals surface area contributed by atoms with Crippen molar-refractivity contribution in [1.82, 2.24) is 0 Å². The Bertz CT molecular complexity index is 463. The normalized spacial score (nSPS) is 13.9. The molecule has 1 atom stereocenters. The molecule has 7 heteroatoms. The maximum absolute atomic E-state index is 13.2. The molecule has 84 valence electrons. The van der Waals surface area contributed by atoms with Crippen LogP contribution in [-0.2, 0) is 10.0 Å². The van der Waals surface area contributed by atoms with Gasteiger partial charge in [-0.2, -0.15) is 0 Å². The lowest BCUT2D eigenvalue weighted by atomic mass is 10.1. The summed E-state index contributed by atoms with van der Waals surface area (Å²) < 4.78 is 35.8. The number of sulfonamides is 1. The number of halogens is 2. The minimum Gasteiger partial charge on any atom is -0.393 e. The molecule has 0 radical (unpaired) electrons. The molecule has 1 rings (SSSR count). The molecule has 0 aliphatic rings. The van der Waals surface area contributed by atoms with E-state index in [1.54, 1.807) is 0 Å². The summed E-state index contributed by atoms with van der Waals surface area (Å²) in [4.78, 5) is -0.327. The molecule has 0 aliphatic carbocycles. The third-order valence-electron chi connectivity index (χ3n) is 1.78. The van der Waals surface area contributed by atoms with E-state index in [1.807, 2.05) is 0 Å². The number of primary sulfonamides is 1. The van der Waals surface area contributed by atoms with Crippen molar-refractivity contribution in [1.29, 1.82) is 0 Å². The van der Waals surface area contributed by atoms with Crippen LogP contribution in [0.4, 0.5) is 4.39 Å². The van der Waals surface area contributed by atoms with Gasteiger partial charge < -0.3 is 5.11 Å². The highest BCUT2D eigenvalue weighted by atomic mass is 79.9. The fourth-order valence-corrected chi connectivity index (χ4v) is 3.09. The van der Waals surface area contributed by atoms with Crippen LogP contribution in [0.15, 0.2) is 27.6 Å². The number of nitrogens with two attached hydrogens (primary N) is 1. The predicted molar refractivity (Wildman–Crippen MR) is 56.5 cm³/mol. The van der Waals surface area contributed by atoms with Crippen LogP contribution in [0.1, 0.15) is 11.7 Å². The third-order valence-corrected chi connectivity index (χ3v) is 3.73. The highest BCUT2D eigenvalue weighted by Gasteiger charge is 2.22. The highest BCUT2D eigenvalue weighted by molar-refractivity contribution is 9.10. The van der Waals surface area contributed by atoms with Crippen LogP contribution in [0, 0.1) is 0 Å². The summed E-state index contributed by atoms with van der Waals surface area (Å²) in [6.45, 7) is -0.793. The second-order valence-corrected chi connectivity index (χ2v) is 5.21. The minimum atomic E-state index is -4.02. The largest absolute Gasteiger partial charge is 0.393 e. The van der Waals surface area contributed by atoms with E-state index in [0.29, 0.717) is 0 Å². The standard InChI is InChI=1S/C8H9BrFNO3S/c9-6-3-1-2-5(7(10)4-12)8(6)15(11,13)14/h1-3,7,12H,4H2,(H2,11,13,14). The Morgan fingerprint density at radius 2 is 2.13 bits per heavy atom. The van der Waals surface area contributed by atoms with Crippen LogP contribution >= 0.6 is 15.9 Å². The van der Waals surface area contributed by atoms with Gasteiger partial charge in [0.05, 0.1) is 6.61 Å². The van der Waals surface area contributed by atoms with Crippen molar-refractivity contribution < 1.29 is 17.9 Å². The van der Waals surface area contributed by atoms with E-state index >= 15 is 0 Å². The molecule has 0 fully saturated rings. The molecule has 1 unspecified atom stereocenters. The Balaban J connectivity index is 3.47. The molecule has 0 heterocycles. The van der Waals surface area contributed by atoms with Gasteiger partial charge in [0.25, 0.3) is 0 Å². The number of hydrogen-bond donors (Lipinski definition) is 2. The van der Waals surface area contributed by atoms with E-state index in [-0.39, 0.29) is 14.9 Å². The van der Waals surface area contributed by atoms with Gasteiger partial charge in [0, 0.05) is 10.0 Å². The average molecular weight is 298 g/mol. The number of aliphatic hydroxyl groups is 1. The Kier molecular flexibility index (Phi) is 3.82. The van der Waals surface area contributed by atoms with E-state index in [0.717, 1.165) is 0 Å². The van der Waals surface area contributed by atoms with Gasteiger partial charge >= 0.3 is 0 Å². The molecular formula is C8H9BrFNO3S. The van der Waals surface area contributed by atoms with Crippen molar-refractivity contribution in [2.24, 2.45) is 5.14 Å². The summed E-state index contributed by atoms with van der Waals surface area (Å²) in [5.74, 6) is 0. The fourth-order valence-electron chi connectivity index (χ4n) is 1.17. The Hall–Kier alpha value is -0.500. The molecule has 4 nitrogen and oxygen atoms in total. The topological polar surface area (TPSA) is 80.4 Å². The summed E-state index contributed by atoms with van der Waals surface area (Å²) in [6, 6.07) is 4.18. The Morgan fingerprint density at radius 1 is 1.53 bits per heavy atom. The Labute approximate surface area is 95.1 Å². The first kappa shape index (κ1) is 12.6. The van der Waals surface area contributed by atoms with Gasteiger partial charge in [0.2, 0.25) is 10.0 Å². The van der Waals surface area contributed by atoms with Crippen LogP contribution in [0.5, 0.6) is 0 Å². The number of alkyl halides is 1. The number of aliphatic hydroxyl groups excluding tert-OH is 1. The van der Waals surface area contributed by atoms with Crippen LogP contribution in [0.2, 0.25) is 0 Å². The minimum absolute atomic E-state index is 0.144. The predicted octanol–water partition coefficient (Wildman–Crippen LogP) is 1.10. The van der Waals surface area contributed by atoms with E-state index < -0.39 is 22.8 Å². The summed E-state index contributed by atoms with van der Waals surface area (Å²) in [6.07, 6.45) is -1.77. The zero-order valence-corrected chi connectivity index (χ0v) is 9.92. The molecule has 0 aliphatic heterocycles. The van der Waals surface area contributed by atoms with Crippen molar-refractivity contribution in [3.8, 4) is 0 Å². The fraction of sp³-hybridized carbons (Fsp3) is 0.250. The molecule has 3 N–H and O–H groups in total. The molecule has 1 aromatic carbocycles. The SMILES string of the molecule is NS(=O)(=O)c1c(Br)cccc1C(F)CO. The molecular weight excluding hydrogens is 289 g/mol. The second kappa shape index (κ2) is 4.56. The number of hydrogen-bond acceptors (Lipinski definition) is 3. The van der Waals surface area contributed by atoms with E-state index in [1.165, 1.54) is 18.2 Å². The van der Waals surface area contributed by atoms with Gasteiger partial charge in [-0.15, -0.1) is 0 Å². The molecule has 0 aromatic heterocycles. The van der Waals surface area contributed by atoms with Crippen LogP contribution < -0.4 is 5.14 Å². The van der Waals surface area contributed by atoms with Crippen LogP contribution in [0.25, 0.3) is 0 Å². The average Bonchev–Trinajstić information content (AvgIpc) is 2.14. The van der Waals surface area contributed by atoms with Gasteiger partial charge in [0.1, 0.15) is 11.1 Å². The van der Waals surface area contributed by atoms with E-state index in [9.17, 15) is 12.8 Å². The molecule has 15 heavy (non-hydrogen) atoms. The van der Waals surface area contributed by atoms with Crippen molar-refractivity contribution in [3.05, 3.63) is 28.2 Å². The molecule has 0 saturated heterocycles. The lowest BCUT2D eigenvalue weighted by Crippen LogP contribution is -2.16. The third kappa shape index (κ3) is 2.75. The molecule has 0 bridgehead atoms.